The number of nitrogens with zero attached hydrogens (tertiary/aromatic N) is 2. The highest BCUT2D eigenvalue weighted by atomic mass is 16.5. The summed E-state index contributed by atoms with van der Waals surface area (Å²) in [5.41, 5.74) is 4.15. The van der Waals surface area contributed by atoms with Crippen molar-refractivity contribution in [2.45, 2.75) is 25.7 Å². The fourth-order valence-corrected chi connectivity index (χ4v) is 2.60. The Morgan fingerprint density at radius 1 is 1.20 bits per heavy atom. The van der Waals surface area contributed by atoms with Gasteiger partial charge in [-0.1, -0.05) is 12.1 Å². The van der Waals surface area contributed by atoms with Gasteiger partial charge in [0.05, 0.1) is 19.2 Å². The van der Waals surface area contributed by atoms with E-state index in [0.29, 0.717) is 11.6 Å². The lowest BCUT2D eigenvalue weighted by Gasteiger charge is -2.05. The summed E-state index contributed by atoms with van der Waals surface area (Å²) in [7, 11) is 1.55. The Morgan fingerprint density at radius 3 is 2.90 bits per heavy atom. The number of carbonyl (C=O) groups is 1. The molecule has 0 bridgehead atoms. The summed E-state index contributed by atoms with van der Waals surface area (Å²) in [5.74, 6) is 0.567. The molecule has 0 spiro atoms. The van der Waals surface area contributed by atoms with Crippen molar-refractivity contribution >= 4 is 5.78 Å². The third-order valence-corrected chi connectivity index (χ3v) is 3.67. The molecule has 0 saturated carbocycles. The van der Waals surface area contributed by atoms with Gasteiger partial charge in [-0.15, -0.1) is 0 Å². The number of aryl methyl sites for hydroxylation is 2. The molecule has 1 aliphatic carbocycles. The quantitative estimate of drug-likeness (QED) is 0.799. The fourth-order valence-electron chi connectivity index (χ4n) is 2.60. The molecule has 3 rings (SSSR count). The van der Waals surface area contributed by atoms with Crippen molar-refractivity contribution in [2.24, 2.45) is 0 Å². The van der Waals surface area contributed by atoms with Gasteiger partial charge in [-0.25, -0.2) is 9.97 Å². The van der Waals surface area contributed by atoms with Crippen molar-refractivity contribution in [1.82, 2.24) is 9.97 Å². The first-order valence-corrected chi connectivity index (χ1v) is 6.76. The van der Waals surface area contributed by atoms with Crippen LogP contribution in [0.2, 0.25) is 0 Å². The van der Waals surface area contributed by atoms with Crippen LogP contribution in [0.4, 0.5) is 0 Å². The van der Waals surface area contributed by atoms with Crippen molar-refractivity contribution in [3.8, 4) is 5.88 Å². The predicted octanol–water partition coefficient (Wildman–Crippen LogP) is 2.40. The molecule has 102 valence electrons. The number of ketones is 1. The highest BCUT2D eigenvalue weighted by molar-refractivity contribution is 5.97. The van der Waals surface area contributed by atoms with Crippen LogP contribution < -0.4 is 4.74 Å². The van der Waals surface area contributed by atoms with Gasteiger partial charge in [0, 0.05) is 11.6 Å². The van der Waals surface area contributed by atoms with Crippen LogP contribution in [-0.4, -0.2) is 22.9 Å². The number of Topliss-reactive ketones (excluding diaryl/α,β-unsaturated/α-hetero) is 1. The number of carbonyl (C=O) groups excluding carboxylic acids is 1. The zero-order valence-electron chi connectivity index (χ0n) is 11.4. The van der Waals surface area contributed by atoms with Crippen LogP contribution >= 0.6 is 0 Å². The van der Waals surface area contributed by atoms with Gasteiger partial charge in [0.15, 0.2) is 5.78 Å². The molecule has 0 atom stereocenters. The van der Waals surface area contributed by atoms with E-state index in [9.17, 15) is 4.79 Å². The van der Waals surface area contributed by atoms with Crippen LogP contribution in [0.25, 0.3) is 0 Å². The SMILES string of the molecule is COc1cc(CC(=O)c2ccc3c(c2)CCC3)ncn1. The summed E-state index contributed by atoms with van der Waals surface area (Å²) in [6, 6.07) is 7.73. The Kier molecular flexibility index (Phi) is 3.46. The van der Waals surface area contributed by atoms with Gasteiger partial charge in [-0.2, -0.15) is 0 Å². The van der Waals surface area contributed by atoms with E-state index in [2.05, 4.69) is 16.0 Å². The summed E-state index contributed by atoms with van der Waals surface area (Å²) in [6.07, 6.45) is 5.10. The summed E-state index contributed by atoms with van der Waals surface area (Å²) in [4.78, 5) is 20.4. The number of hydrogen-bond acceptors (Lipinski definition) is 4. The Bertz CT molecular complexity index is 653. The average Bonchev–Trinajstić information content (AvgIpc) is 2.94. The van der Waals surface area contributed by atoms with Gasteiger partial charge in [-0.05, 0) is 36.5 Å². The molecule has 1 aliphatic rings. The van der Waals surface area contributed by atoms with Crippen LogP contribution in [-0.2, 0) is 19.3 Å². The van der Waals surface area contributed by atoms with Gasteiger partial charge in [0.25, 0.3) is 0 Å². The van der Waals surface area contributed by atoms with Crippen molar-refractivity contribution in [1.29, 1.82) is 0 Å². The first-order chi connectivity index (χ1) is 9.76. The molecule has 1 heterocycles. The van der Waals surface area contributed by atoms with E-state index in [-0.39, 0.29) is 12.2 Å². The molecule has 0 amide bonds. The molecule has 4 nitrogen and oxygen atoms in total. The predicted molar refractivity (Wildman–Crippen MR) is 75.1 cm³/mol. The van der Waals surface area contributed by atoms with Crippen molar-refractivity contribution < 1.29 is 9.53 Å². The van der Waals surface area contributed by atoms with Crippen LogP contribution in [0.5, 0.6) is 5.88 Å². The third-order valence-electron chi connectivity index (χ3n) is 3.67. The molecular formula is C16H16N2O2. The Morgan fingerprint density at radius 2 is 2.05 bits per heavy atom. The number of methoxy groups -OCH3 is 1. The molecule has 0 unspecified atom stereocenters. The lowest BCUT2D eigenvalue weighted by Crippen LogP contribution is -2.06. The molecule has 2 aromatic rings. The summed E-state index contributed by atoms with van der Waals surface area (Å²) in [6.45, 7) is 0. The highest BCUT2D eigenvalue weighted by Gasteiger charge is 2.14. The standard InChI is InChI=1S/C16H16N2O2/c1-20-16-9-14(17-10-18-16)8-15(19)13-6-5-11-3-2-4-12(11)7-13/h5-7,9-10H,2-4,8H2,1H3. The Hall–Kier alpha value is -2.23. The van der Waals surface area contributed by atoms with E-state index >= 15 is 0 Å². The third kappa shape index (κ3) is 2.54. The number of benzene rings is 1. The molecule has 0 aliphatic heterocycles. The highest BCUT2D eigenvalue weighted by Crippen LogP contribution is 2.23. The smallest absolute Gasteiger partial charge is 0.216 e. The summed E-state index contributed by atoms with van der Waals surface area (Å²) in [5, 5.41) is 0. The van der Waals surface area contributed by atoms with Crippen LogP contribution in [0, 0.1) is 0 Å². The van der Waals surface area contributed by atoms with Crippen LogP contribution in [0.3, 0.4) is 0 Å². The molecule has 0 saturated heterocycles. The van der Waals surface area contributed by atoms with E-state index in [1.54, 1.807) is 13.2 Å². The maximum absolute atomic E-state index is 12.3. The Labute approximate surface area is 117 Å². The zero-order valence-corrected chi connectivity index (χ0v) is 11.4. The second-order valence-corrected chi connectivity index (χ2v) is 4.99. The zero-order chi connectivity index (χ0) is 13.9. The minimum atomic E-state index is 0.0838. The minimum absolute atomic E-state index is 0.0838. The normalized spacial score (nSPS) is 13.1. The van der Waals surface area contributed by atoms with Crippen molar-refractivity contribution in [3.63, 3.8) is 0 Å². The largest absolute Gasteiger partial charge is 0.481 e. The van der Waals surface area contributed by atoms with E-state index < -0.39 is 0 Å². The molecule has 0 fully saturated rings. The van der Waals surface area contributed by atoms with Gasteiger partial charge in [-0.3, -0.25) is 4.79 Å². The van der Waals surface area contributed by atoms with Gasteiger partial charge >= 0.3 is 0 Å². The van der Waals surface area contributed by atoms with Crippen LogP contribution in [0.1, 0.15) is 33.6 Å². The first-order valence-electron chi connectivity index (χ1n) is 6.76. The molecule has 1 aromatic carbocycles. The lowest BCUT2D eigenvalue weighted by atomic mass is 10.0. The van der Waals surface area contributed by atoms with Gasteiger partial charge < -0.3 is 4.74 Å². The fraction of sp³-hybridized carbons (Fsp3) is 0.312. The monoisotopic (exact) mass is 268 g/mol. The molecule has 0 radical (unpaired) electrons. The molecule has 0 N–H and O–H groups in total. The number of rotatable bonds is 4. The summed E-state index contributed by atoms with van der Waals surface area (Å²) >= 11 is 0. The first kappa shape index (κ1) is 12.8. The minimum Gasteiger partial charge on any atom is -0.481 e. The summed E-state index contributed by atoms with van der Waals surface area (Å²) < 4.78 is 5.04. The molecular weight excluding hydrogens is 252 g/mol. The lowest BCUT2D eigenvalue weighted by molar-refractivity contribution is 0.0992. The number of hydrogen-bond donors (Lipinski definition) is 0. The molecule has 20 heavy (non-hydrogen) atoms. The topological polar surface area (TPSA) is 52.1 Å². The second-order valence-electron chi connectivity index (χ2n) is 4.99. The van der Waals surface area contributed by atoms with E-state index in [0.717, 1.165) is 18.4 Å². The Balaban J connectivity index is 1.79. The maximum atomic E-state index is 12.3. The van der Waals surface area contributed by atoms with E-state index in [4.69, 9.17) is 4.74 Å². The maximum Gasteiger partial charge on any atom is 0.216 e. The van der Waals surface area contributed by atoms with E-state index in [1.807, 2.05) is 12.1 Å². The van der Waals surface area contributed by atoms with E-state index in [1.165, 1.54) is 23.9 Å². The van der Waals surface area contributed by atoms with Gasteiger partial charge in [0.1, 0.15) is 6.33 Å². The molecule has 1 aromatic heterocycles. The van der Waals surface area contributed by atoms with Gasteiger partial charge in [0.2, 0.25) is 5.88 Å². The number of aromatic nitrogens is 2. The van der Waals surface area contributed by atoms with Crippen LogP contribution in [0.15, 0.2) is 30.6 Å². The van der Waals surface area contributed by atoms with Crippen molar-refractivity contribution in [3.05, 3.63) is 53.0 Å². The second kappa shape index (κ2) is 5.41. The van der Waals surface area contributed by atoms with Crippen molar-refractivity contribution in [2.75, 3.05) is 7.11 Å². The number of fused-ring (bicyclic) bond motifs is 1. The molecule has 4 heteroatoms. The average molecular weight is 268 g/mol. The number of ether oxygens (including phenoxy) is 1.